The van der Waals surface area contributed by atoms with Crippen LogP contribution in [0.25, 0.3) is 0 Å². The van der Waals surface area contributed by atoms with Crippen LogP contribution in [0.15, 0.2) is 24.3 Å². The molecule has 0 bridgehead atoms. The van der Waals surface area contributed by atoms with Gasteiger partial charge in [0.05, 0.1) is 6.61 Å². The van der Waals surface area contributed by atoms with E-state index in [4.69, 9.17) is 16.3 Å². The molecule has 1 aromatic rings. The van der Waals surface area contributed by atoms with Gasteiger partial charge in [0.1, 0.15) is 12.0 Å². The van der Waals surface area contributed by atoms with Gasteiger partial charge in [-0.25, -0.2) is 0 Å². The highest BCUT2D eigenvalue weighted by Crippen LogP contribution is 2.20. The van der Waals surface area contributed by atoms with Crippen molar-refractivity contribution in [2.75, 3.05) is 6.61 Å². The quantitative estimate of drug-likeness (QED) is 0.541. The van der Waals surface area contributed by atoms with Crippen molar-refractivity contribution in [3.8, 4) is 5.75 Å². The van der Waals surface area contributed by atoms with Crippen molar-refractivity contribution in [2.45, 2.75) is 33.1 Å². The summed E-state index contributed by atoms with van der Waals surface area (Å²) in [5, 5.41) is 0.713. The Kier molecular flexibility index (Phi) is 5.49. The summed E-state index contributed by atoms with van der Waals surface area (Å²) in [7, 11) is 0. The third kappa shape index (κ3) is 5.73. The van der Waals surface area contributed by atoms with Crippen molar-refractivity contribution in [2.24, 2.45) is 5.41 Å². The lowest BCUT2D eigenvalue weighted by Crippen LogP contribution is -2.13. The van der Waals surface area contributed by atoms with E-state index in [1.807, 2.05) is 38.1 Å². The second-order valence-electron chi connectivity index (χ2n) is 4.87. The lowest BCUT2D eigenvalue weighted by molar-refractivity contribution is -0.115. The molecule has 17 heavy (non-hydrogen) atoms. The van der Waals surface area contributed by atoms with E-state index in [0.717, 1.165) is 31.3 Å². The molecule has 0 aliphatic carbocycles. The number of ether oxygens (including phenoxy) is 1. The molecule has 0 unspecified atom stereocenters. The number of rotatable bonds is 7. The minimum atomic E-state index is -0.208. The van der Waals surface area contributed by atoms with E-state index in [1.54, 1.807) is 0 Å². The van der Waals surface area contributed by atoms with Crippen LogP contribution < -0.4 is 4.74 Å². The highest BCUT2D eigenvalue weighted by atomic mass is 35.5. The SMILES string of the molecule is CC(C)(C=O)CCCCOc1ccc(Cl)cc1. The molecule has 0 amide bonds. The predicted octanol–water partition coefficient (Wildman–Crippen LogP) is 4.11. The van der Waals surface area contributed by atoms with Crippen molar-refractivity contribution in [3.05, 3.63) is 29.3 Å². The molecular weight excluding hydrogens is 236 g/mol. The molecule has 3 heteroatoms. The van der Waals surface area contributed by atoms with Crippen LogP contribution in [0.1, 0.15) is 33.1 Å². The Morgan fingerprint density at radius 2 is 1.88 bits per heavy atom. The van der Waals surface area contributed by atoms with Crippen molar-refractivity contribution in [1.82, 2.24) is 0 Å². The first-order chi connectivity index (χ1) is 8.03. The molecule has 0 fully saturated rings. The largest absolute Gasteiger partial charge is 0.494 e. The van der Waals surface area contributed by atoms with Crippen molar-refractivity contribution < 1.29 is 9.53 Å². The Morgan fingerprint density at radius 3 is 2.47 bits per heavy atom. The molecule has 0 aromatic heterocycles. The number of unbranched alkanes of at least 4 members (excludes halogenated alkanes) is 1. The van der Waals surface area contributed by atoms with Crippen LogP contribution in [0.2, 0.25) is 5.02 Å². The van der Waals surface area contributed by atoms with Crippen LogP contribution in [0, 0.1) is 5.41 Å². The first-order valence-corrected chi connectivity index (χ1v) is 6.26. The Labute approximate surface area is 108 Å². The summed E-state index contributed by atoms with van der Waals surface area (Å²) in [6, 6.07) is 7.34. The van der Waals surface area contributed by atoms with Gasteiger partial charge < -0.3 is 9.53 Å². The summed E-state index contributed by atoms with van der Waals surface area (Å²) in [4.78, 5) is 10.7. The molecule has 0 radical (unpaired) electrons. The maximum absolute atomic E-state index is 10.7. The van der Waals surface area contributed by atoms with Crippen LogP contribution in [0.5, 0.6) is 5.75 Å². The average molecular weight is 255 g/mol. The summed E-state index contributed by atoms with van der Waals surface area (Å²) in [5.74, 6) is 0.837. The van der Waals surface area contributed by atoms with Crippen molar-refractivity contribution >= 4 is 17.9 Å². The van der Waals surface area contributed by atoms with Gasteiger partial charge in [0, 0.05) is 10.4 Å². The van der Waals surface area contributed by atoms with Crippen LogP contribution >= 0.6 is 11.6 Å². The highest BCUT2D eigenvalue weighted by Gasteiger charge is 2.15. The van der Waals surface area contributed by atoms with Gasteiger partial charge in [-0.2, -0.15) is 0 Å². The summed E-state index contributed by atoms with van der Waals surface area (Å²) in [6.45, 7) is 4.59. The normalized spacial score (nSPS) is 11.2. The minimum absolute atomic E-state index is 0.208. The fraction of sp³-hybridized carbons (Fsp3) is 0.500. The van der Waals surface area contributed by atoms with E-state index in [0.29, 0.717) is 11.6 Å². The summed E-state index contributed by atoms with van der Waals surface area (Å²) >= 11 is 5.77. The minimum Gasteiger partial charge on any atom is -0.494 e. The van der Waals surface area contributed by atoms with Gasteiger partial charge >= 0.3 is 0 Å². The third-order valence-corrected chi connectivity index (χ3v) is 2.87. The molecule has 94 valence electrons. The smallest absolute Gasteiger partial charge is 0.125 e. The molecule has 0 saturated carbocycles. The number of carbonyl (C=O) groups is 1. The molecule has 0 heterocycles. The predicted molar refractivity (Wildman–Crippen MR) is 70.6 cm³/mol. The Morgan fingerprint density at radius 1 is 1.24 bits per heavy atom. The molecule has 0 aliphatic rings. The Bertz CT molecular complexity index is 344. The van der Waals surface area contributed by atoms with E-state index >= 15 is 0 Å². The first kappa shape index (κ1) is 14.0. The number of halogens is 1. The van der Waals surface area contributed by atoms with Gasteiger partial charge in [-0.05, 0) is 43.5 Å². The lowest BCUT2D eigenvalue weighted by Gasteiger charge is -2.15. The van der Waals surface area contributed by atoms with E-state index in [1.165, 1.54) is 0 Å². The molecule has 0 spiro atoms. The average Bonchev–Trinajstić information content (AvgIpc) is 2.31. The summed E-state index contributed by atoms with van der Waals surface area (Å²) < 4.78 is 5.56. The number of hydrogen-bond acceptors (Lipinski definition) is 2. The van der Waals surface area contributed by atoms with Crippen LogP contribution in [0.4, 0.5) is 0 Å². The standard InChI is InChI=1S/C14H19ClO2/c1-14(2,11-16)9-3-4-10-17-13-7-5-12(15)6-8-13/h5-8,11H,3-4,9-10H2,1-2H3. The fourth-order valence-electron chi connectivity index (χ4n) is 1.46. The second-order valence-corrected chi connectivity index (χ2v) is 5.30. The highest BCUT2D eigenvalue weighted by molar-refractivity contribution is 6.30. The van der Waals surface area contributed by atoms with Crippen LogP contribution in [-0.4, -0.2) is 12.9 Å². The van der Waals surface area contributed by atoms with Gasteiger partial charge in [-0.1, -0.05) is 25.4 Å². The third-order valence-electron chi connectivity index (χ3n) is 2.62. The van der Waals surface area contributed by atoms with Gasteiger partial charge in [0.15, 0.2) is 0 Å². The molecule has 1 aromatic carbocycles. The van der Waals surface area contributed by atoms with E-state index in [2.05, 4.69) is 0 Å². The topological polar surface area (TPSA) is 26.3 Å². The Hall–Kier alpha value is -1.02. The lowest BCUT2D eigenvalue weighted by atomic mass is 9.89. The van der Waals surface area contributed by atoms with Crippen molar-refractivity contribution in [3.63, 3.8) is 0 Å². The zero-order valence-corrected chi connectivity index (χ0v) is 11.2. The number of hydrogen-bond donors (Lipinski definition) is 0. The first-order valence-electron chi connectivity index (χ1n) is 5.88. The second kappa shape index (κ2) is 6.65. The van der Waals surface area contributed by atoms with Gasteiger partial charge in [0.2, 0.25) is 0 Å². The molecule has 0 atom stereocenters. The zero-order valence-electron chi connectivity index (χ0n) is 10.4. The fourth-order valence-corrected chi connectivity index (χ4v) is 1.59. The maximum Gasteiger partial charge on any atom is 0.125 e. The van der Waals surface area contributed by atoms with E-state index < -0.39 is 0 Å². The van der Waals surface area contributed by atoms with Gasteiger partial charge in [0.25, 0.3) is 0 Å². The van der Waals surface area contributed by atoms with E-state index in [-0.39, 0.29) is 5.41 Å². The van der Waals surface area contributed by atoms with Crippen LogP contribution in [-0.2, 0) is 4.79 Å². The van der Waals surface area contributed by atoms with Crippen LogP contribution in [0.3, 0.4) is 0 Å². The summed E-state index contributed by atoms with van der Waals surface area (Å²) in [6.07, 6.45) is 3.88. The number of aldehydes is 1. The molecule has 0 N–H and O–H groups in total. The molecule has 1 rings (SSSR count). The number of benzene rings is 1. The number of carbonyl (C=O) groups excluding carboxylic acids is 1. The van der Waals surface area contributed by atoms with E-state index in [9.17, 15) is 4.79 Å². The van der Waals surface area contributed by atoms with Gasteiger partial charge in [-0.3, -0.25) is 0 Å². The molecule has 2 nitrogen and oxygen atoms in total. The maximum atomic E-state index is 10.7. The molecule has 0 saturated heterocycles. The summed E-state index contributed by atoms with van der Waals surface area (Å²) in [5.41, 5.74) is -0.208. The monoisotopic (exact) mass is 254 g/mol. The Balaban J connectivity index is 2.16. The van der Waals surface area contributed by atoms with Crippen molar-refractivity contribution in [1.29, 1.82) is 0 Å². The van der Waals surface area contributed by atoms with Gasteiger partial charge in [-0.15, -0.1) is 0 Å². The zero-order chi connectivity index (χ0) is 12.7. The molecular formula is C14H19ClO2. The molecule has 0 aliphatic heterocycles.